The van der Waals surface area contributed by atoms with E-state index in [0.29, 0.717) is 0 Å². The van der Waals surface area contributed by atoms with Crippen molar-refractivity contribution in [3.63, 3.8) is 0 Å². The molecule has 0 atom stereocenters. The predicted molar refractivity (Wildman–Crippen MR) is 61.2 cm³/mol. The quantitative estimate of drug-likeness (QED) is 0.675. The summed E-state index contributed by atoms with van der Waals surface area (Å²) in [7, 11) is 1.92. The Hall–Kier alpha value is -1.57. The van der Waals surface area contributed by atoms with Gasteiger partial charge in [0.15, 0.2) is 0 Å². The number of carbonyl (C=O) groups excluding carboxylic acids is 1. The highest BCUT2D eigenvalue weighted by Gasteiger charge is 1.83. The summed E-state index contributed by atoms with van der Waals surface area (Å²) in [6, 6.07) is 8.31. The van der Waals surface area contributed by atoms with Gasteiger partial charge < -0.3 is 10.1 Å². The first kappa shape index (κ1) is 14.0. The topological polar surface area (TPSA) is 29.1 Å². The third-order valence-corrected chi connectivity index (χ3v) is 1.34. The molecule has 0 aliphatic carbocycles. The minimum Gasteiger partial charge on any atom is -0.388 e. The molecule has 0 spiro atoms. The van der Waals surface area contributed by atoms with Gasteiger partial charge in [-0.2, -0.15) is 0 Å². The zero-order valence-corrected chi connectivity index (χ0v) is 8.34. The van der Waals surface area contributed by atoms with Crippen molar-refractivity contribution in [2.75, 3.05) is 12.4 Å². The molecule has 0 aromatic heterocycles. The van der Waals surface area contributed by atoms with Crippen LogP contribution in [0.15, 0.2) is 37.4 Å². The maximum Gasteiger partial charge on any atom is 0.106 e. The molecule has 0 aliphatic heterocycles. The van der Waals surface area contributed by atoms with Crippen LogP contribution in [-0.2, 0) is 4.79 Å². The summed E-state index contributed by atoms with van der Waals surface area (Å²) in [5, 5.41) is 3.05. The second-order valence-electron chi connectivity index (χ2n) is 2.12. The summed E-state index contributed by atoms with van der Waals surface area (Å²) in [6.45, 7) is 10.1. The zero-order chi connectivity index (χ0) is 10.7. The number of anilines is 1. The summed E-state index contributed by atoms with van der Waals surface area (Å²) in [6.07, 6.45) is 0. The summed E-state index contributed by atoms with van der Waals surface area (Å²) in [5.41, 5.74) is 2.47. The lowest BCUT2D eigenvalue weighted by Crippen LogP contribution is -1.85. The fourth-order valence-electron chi connectivity index (χ4n) is 0.720. The largest absolute Gasteiger partial charge is 0.388 e. The molecular formula is C11H19NO. The van der Waals surface area contributed by atoms with Gasteiger partial charge in [-0.15, -0.1) is 13.2 Å². The summed E-state index contributed by atoms with van der Waals surface area (Å²) in [4.78, 5) is 8.00. The van der Waals surface area contributed by atoms with Gasteiger partial charge in [-0.1, -0.05) is 17.7 Å². The average molecular weight is 181 g/mol. The summed E-state index contributed by atoms with van der Waals surface area (Å²) >= 11 is 0. The third kappa shape index (κ3) is 6.81. The van der Waals surface area contributed by atoms with Crippen molar-refractivity contribution in [2.45, 2.75) is 6.92 Å². The molecule has 0 bridgehead atoms. The van der Waals surface area contributed by atoms with Crippen LogP contribution in [0, 0.1) is 6.92 Å². The normalized spacial score (nSPS) is 6.92. The van der Waals surface area contributed by atoms with Crippen LogP contribution in [0.25, 0.3) is 0 Å². The predicted octanol–water partition coefficient (Wildman–Crippen LogP) is 2.90. The van der Waals surface area contributed by atoms with Crippen molar-refractivity contribution >= 4 is 12.5 Å². The molecule has 0 radical (unpaired) electrons. The second kappa shape index (κ2) is 10.4. The molecule has 13 heavy (non-hydrogen) atoms. The lowest BCUT2D eigenvalue weighted by Gasteiger charge is -1.97. The first-order valence-corrected chi connectivity index (χ1v) is 3.86. The van der Waals surface area contributed by atoms with Gasteiger partial charge in [-0.05, 0) is 19.1 Å². The van der Waals surface area contributed by atoms with Gasteiger partial charge in [-0.25, -0.2) is 0 Å². The van der Waals surface area contributed by atoms with Crippen molar-refractivity contribution in [2.24, 2.45) is 0 Å². The summed E-state index contributed by atoms with van der Waals surface area (Å²) in [5.74, 6) is 0. The Morgan fingerprint density at radius 1 is 1.15 bits per heavy atom. The molecule has 1 rings (SSSR count). The van der Waals surface area contributed by atoms with Crippen LogP contribution in [0.5, 0.6) is 0 Å². The number of nitrogens with one attached hydrogen (secondary N) is 1. The van der Waals surface area contributed by atoms with Gasteiger partial charge in [0, 0.05) is 14.2 Å². The molecular weight excluding hydrogens is 162 g/mol. The van der Waals surface area contributed by atoms with Gasteiger partial charge in [0.1, 0.15) is 6.79 Å². The van der Waals surface area contributed by atoms with E-state index in [4.69, 9.17) is 4.79 Å². The average Bonchev–Trinajstić information content (AvgIpc) is 2.25. The van der Waals surface area contributed by atoms with Crippen LogP contribution < -0.4 is 5.32 Å². The Bertz CT molecular complexity index is 209. The van der Waals surface area contributed by atoms with Gasteiger partial charge in [-0.3, -0.25) is 0 Å². The Morgan fingerprint density at radius 2 is 1.54 bits per heavy atom. The van der Waals surface area contributed by atoms with Crippen LogP contribution in [0.1, 0.15) is 6.99 Å². The van der Waals surface area contributed by atoms with E-state index in [2.05, 4.69) is 49.7 Å². The Kier molecular flexibility index (Phi) is 11.2. The van der Waals surface area contributed by atoms with Crippen LogP contribution in [-0.4, -0.2) is 13.8 Å². The molecule has 1 aromatic carbocycles. The molecule has 0 fully saturated rings. The number of rotatable bonds is 1. The van der Waals surface area contributed by atoms with E-state index in [1.165, 1.54) is 11.3 Å². The highest BCUT2D eigenvalue weighted by Crippen LogP contribution is 2.06. The standard InChI is InChI=1S/C8H11N.C2H4.CH2O.H2/c1-7-3-5-8(9-2)6-4-7;2*1-2;/h3-6,9H,1-2H3;1-2H2;1H2;1H. The van der Waals surface area contributed by atoms with Crippen molar-refractivity contribution in [3.8, 4) is 0 Å². The zero-order valence-electron chi connectivity index (χ0n) is 8.34. The first-order valence-electron chi connectivity index (χ1n) is 3.86. The number of benzene rings is 1. The van der Waals surface area contributed by atoms with Crippen molar-refractivity contribution in [1.29, 1.82) is 0 Å². The van der Waals surface area contributed by atoms with Crippen LogP contribution in [0.4, 0.5) is 5.69 Å². The van der Waals surface area contributed by atoms with Crippen LogP contribution in [0.3, 0.4) is 0 Å². The molecule has 2 nitrogen and oxygen atoms in total. The minimum absolute atomic E-state index is 0. The summed E-state index contributed by atoms with van der Waals surface area (Å²) < 4.78 is 0. The maximum atomic E-state index is 8.00. The van der Waals surface area contributed by atoms with Crippen LogP contribution in [0.2, 0.25) is 0 Å². The highest BCUT2D eigenvalue weighted by atomic mass is 16.1. The van der Waals surface area contributed by atoms with E-state index in [9.17, 15) is 0 Å². The minimum atomic E-state index is 0. The Balaban J connectivity index is -0.000000216. The van der Waals surface area contributed by atoms with E-state index >= 15 is 0 Å². The molecule has 0 saturated carbocycles. The van der Waals surface area contributed by atoms with Gasteiger partial charge in [0.05, 0.1) is 0 Å². The Morgan fingerprint density at radius 3 is 1.85 bits per heavy atom. The fourth-order valence-corrected chi connectivity index (χ4v) is 0.720. The van der Waals surface area contributed by atoms with Crippen molar-refractivity contribution < 1.29 is 6.22 Å². The molecule has 0 saturated heterocycles. The van der Waals surface area contributed by atoms with Gasteiger partial charge in [0.2, 0.25) is 0 Å². The molecule has 1 aromatic rings. The SMILES string of the molecule is C=C.C=O.CNc1ccc(C)cc1.[HH]. The Labute approximate surface area is 81.8 Å². The second-order valence-corrected chi connectivity index (χ2v) is 2.12. The van der Waals surface area contributed by atoms with Crippen molar-refractivity contribution in [1.82, 2.24) is 0 Å². The molecule has 74 valence electrons. The molecule has 0 heterocycles. The number of aryl methyl sites for hydroxylation is 1. The molecule has 0 aliphatic rings. The van der Waals surface area contributed by atoms with E-state index in [-0.39, 0.29) is 1.43 Å². The monoisotopic (exact) mass is 181 g/mol. The van der Waals surface area contributed by atoms with Crippen LogP contribution >= 0.6 is 0 Å². The molecule has 0 unspecified atom stereocenters. The molecule has 2 heteroatoms. The first-order chi connectivity index (χ1) is 6.33. The number of hydrogen-bond donors (Lipinski definition) is 1. The smallest absolute Gasteiger partial charge is 0.106 e. The lowest BCUT2D eigenvalue weighted by molar-refractivity contribution is -0.0979. The van der Waals surface area contributed by atoms with E-state index in [1.54, 1.807) is 0 Å². The fraction of sp³-hybridized carbons (Fsp3) is 0.182. The molecule has 0 amide bonds. The third-order valence-electron chi connectivity index (χ3n) is 1.34. The lowest BCUT2D eigenvalue weighted by atomic mass is 10.2. The van der Waals surface area contributed by atoms with E-state index < -0.39 is 0 Å². The van der Waals surface area contributed by atoms with E-state index in [0.717, 1.165) is 0 Å². The van der Waals surface area contributed by atoms with E-state index in [1.807, 2.05) is 13.8 Å². The van der Waals surface area contributed by atoms with Crippen molar-refractivity contribution in [3.05, 3.63) is 43.0 Å². The number of hydrogen-bond acceptors (Lipinski definition) is 2. The highest BCUT2D eigenvalue weighted by molar-refractivity contribution is 5.43. The van der Waals surface area contributed by atoms with Gasteiger partial charge >= 0.3 is 0 Å². The maximum absolute atomic E-state index is 8.00. The van der Waals surface area contributed by atoms with Gasteiger partial charge in [0.25, 0.3) is 0 Å². The molecule has 1 N–H and O–H groups in total. The number of carbonyl (C=O) groups is 1.